The zero-order valence-corrected chi connectivity index (χ0v) is 7.86. The molecule has 0 aromatic heterocycles. The number of carboxylic acid groups (broad SMARTS) is 1. The number of Topliss-reactive ketones (excluding diaryl/α,β-unsaturated/α-hetero) is 1. The van der Waals surface area contributed by atoms with Gasteiger partial charge in [0.1, 0.15) is 5.75 Å². The number of nitro groups is 1. The van der Waals surface area contributed by atoms with Crippen molar-refractivity contribution in [1.29, 1.82) is 0 Å². The number of aliphatic carboxylic acids is 1. The molecular weight excluding hydrogens is 218 g/mol. The molecule has 1 rings (SSSR count). The average molecular weight is 225 g/mol. The Balaban J connectivity index is 3.13. The molecule has 84 valence electrons. The number of ketones is 1. The first kappa shape index (κ1) is 11.6. The van der Waals surface area contributed by atoms with Gasteiger partial charge >= 0.3 is 17.8 Å². The largest absolute Gasteiger partial charge is 0.508 e. The molecule has 0 aliphatic heterocycles. The molecular formula is C9H7NO6. The van der Waals surface area contributed by atoms with E-state index in [1.54, 1.807) is 0 Å². The molecule has 0 aliphatic rings. The van der Waals surface area contributed by atoms with E-state index in [4.69, 9.17) is 10.2 Å². The van der Waals surface area contributed by atoms with Crippen molar-refractivity contribution in [1.82, 2.24) is 0 Å². The molecule has 1 unspecified atom stereocenters. The van der Waals surface area contributed by atoms with E-state index in [1.807, 2.05) is 0 Å². The van der Waals surface area contributed by atoms with Crippen LogP contribution < -0.4 is 0 Å². The molecule has 0 amide bonds. The van der Waals surface area contributed by atoms with Crippen molar-refractivity contribution in [2.75, 3.05) is 0 Å². The lowest BCUT2D eigenvalue weighted by Gasteiger charge is -2.05. The zero-order chi connectivity index (χ0) is 12.3. The quantitative estimate of drug-likeness (QED) is 0.434. The second kappa shape index (κ2) is 4.39. The first-order valence-electron chi connectivity index (χ1n) is 4.13. The summed E-state index contributed by atoms with van der Waals surface area (Å²) in [5.41, 5.74) is -0.0878. The Bertz CT molecular complexity index is 438. The number of hydrogen-bond acceptors (Lipinski definition) is 5. The third-order valence-electron chi connectivity index (χ3n) is 1.88. The summed E-state index contributed by atoms with van der Waals surface area (Å²) in [4.78, 5) is 31.1. The lowest BCUT2D eigenvalue weighted by molar-refractivity contribution is -0.512. The van der Waals surface area contributed by atoms with Crippen molar-refractivity contribution in [2.24, 2.45) is 0 Å². The number of nitrogens with zero attached hydrogens (tertiary/aromatic N) is 1. The Kier molecular flexibility index (Phi) is 3.19. The van der Waals surface area contributed by atoms with E-state index >= 15 is 0 Å². The number of rotatable bonds is 4. The highest BCUT2D eigenvalue weighted by Gasteiger charge is 2.36. The molecule has 16 heavy (non-hydrogen) atoms. The van der Waals surface area contributed by atoms with Crippen LogP contribution >= 0.6 is 0 Å². The van der Waals surface area contributed by atoms with E-state index in [2.05, 4.69) is 0 Å². The summed E-state index contributed by atoms with van der Waals surface area (Å²) in [6, 6.07) is 2.59. The van der Waals surface area contributed by atoms with Crippen molar-refractivity contribution in [3.05, 3.63) is 39.9 Å². The van der Waals surface area contributed by atoms with Gasteiger partial charge < -0.3 is 10.2 Å². The second-order valence-corrected chi connectivity index (χ2v) is 2.95. The van der Waals surface area contributed by atoms with E-state index in [9.17, 15) is 19.7 Å². The maximum atomic E-state index is 11.1. The third-order valence-corrected chi connectivity index (χ3v) is 1.88. The van der Waals surface area contributed by atoms with E-state index in [1.165, 1.54) is 0 Å². The Morgan fingerprint density at radius 3 is 2.12 bits per heavy atom. The van der Waals surface area contributed by atoms with E-state index in [0.29, 0.717) is 0 Å². The van der Waals surface area contributed by atoms with E-state index in [-0.39, 0.29) is 11.3 Å². The van der Waals surface area contributed by atoms with Gasteiger partial charge in [0.2, 0.25) is 0 Å². The third kappa shape index (κ3) is 2.32. The molecule has 0 radical (unpaired) electrons. The minimum Gasteiger partial charge on any atom is -0.508 e. The standard InChI is InChI=1S/C9H7NO6/c11-6-3-1-5(2-4-6)7(10(15)16)8(12)9(13)14/h1-4,7,11H,(H,13,14). The highest BCUT2D eigenvalue weighted by molar-refractivity contribution is 6.34. The summed E-state index contributed by atoms with van der Waals surface area (Å²) in [6.07, 6.45) is 0. The second-order valence-electron chi connectivity index (χ2n) is 2.95. The number of benzene rings is 1. The fourth-order valence-electron chi connectivity index (χ4n) is 1.14. The minimum absolute atomic E-state index is 0.0878. The zero-order valence-electron chi connectivity index (χ0n) is 7.86. The van der Waals surface area contributed by atoms with Gasteiger partial charge in [-0.15, -0.1) is 0 Å². The van der Waals surface area contributed by atoms with Crippen LogP contribution in [0.1, 0.15) is 11.6 Å². The molecule has 7 heteroatoms. The van der Waals surface area contributed by atoms with Crippen LogP contribution in [0.5, 0.6) is 5.75 Å². The number of phenolic OH excluding ortho intramolecular Hbond substituents is 1. The fraction of sp³-hybridized carbons (Fsp3) is 0.111. The van der Waals surface area contributed by atoms with E-state index in [0.717, 1.165) is 24.3 Å². The molecule has 0 saturated carbocycles. The predicted molar refractivity (Wildman–Crippen MR) is 50.5 cm³/mol. The lowest BCUT2D eigenvalue weighted by Crippen LogP contribution is -2.27. The molecule has 7 nitrogen and oxygen atoms in total. The van der Waals surface area contributed by atoms with Crippen molar-refractivity contribution in [3.63, 3.8) is 0 Å². The van der Waals surface area contributed by atoms with Gasteiger partial charge in [-0.25, -0.2) is 4.79 Å². The number of carbonyl (C=O) groups excluding carboxylic acids is 1. The highest BCUT2D eigenvalue weighted by atomic mass is 16.6. The van der Waals surface area contributed by atoms with Crippen LogP contribution in [-0.4, -0.2) is 26.9 Å². The van der Waals surface area contributed by atoms with Crippen LogP contribution in [0.4, 0.5) is 0 Å². The maximum absolute atomic E-state index is 11.1. The summed E-state index contributed by atoms with van der Waals surface area (Å²) in [5.74, 6) is -3.51. The summed E-state index contributed by atoms with van der Waals surface area (Å²) >= 11 is 0. The van der Waals surface area contributed by atoms with Gasteiger partial charge in [-0.3, -0.25) is 14.9 Å². The summed E-state index contributed by atoms with van der Waals surface area (Å²) in [7, 11) is 0. The first-order chi connectivity index (χ1) is 7.43. The first-order valence-corrected chi connectivity index (χ1v) is 4.13. The highest BCUT2D eigenvalue weighted by Crippen LogP contribution is 2.20. The SMILES string of the molecule is O=C(O)C(=O)C(c1ccc(O)cc1)[N+](=O)[O-]. The van der Waals surface area contributed by atoms with Crippen molar-refractivity contribution in [2.45, 2.75) is 6.04 Å². The number of phenols is 1. The monoisotopic (exact) mass is 225 g/mol. The fourth-order valence-corrected chi connectivity index (χ4v) is 1.14. The Hall–Kier alpha value is -2.44. The smallest absolute Gasteiger partial charge is 0.380 e. The number of carboxylic acids is 1. The Morgan fingerprint density at radius 2 is 1.75 bits per heavy atom. The van der Waals surface area contributed by atoms with Gasteiger partial charge in [-0.05, 0) is 24.3 Å². The molecule has 1 aromatic carbocycles. The minimum atomic E-state index is -1.95. The van der Waals surface area contributed by atoms with Gasteiger partial charge in [0.05, 0.1) is 0 Å². The topological polar surface area (TPSA) is 118 Å². The van der Waals surface area contributed by atoms with Crippen LogP contribution in [0.25, 0.3) is 0 Å². The van der Waals surface area contributed by atoms with Gasteiger partial charge in [0.25, 0.3) is 0 Å². The summed E-state index contributed by atoms with van der Waals surface area (Å²) in [6.45, 7) is 0. The Morgan fingerprint density at radius 1 is 1.25 bits per heavy atom. The van der Waals surface area contributed by atoms with Crippen LogP contribution in [-0.2, 0) is 9.59 Å². The average Bonchev–Trinajstić information content (AvgIpc) is 2.20. The molecule has 2 N–H and O–H groups in total. The summed E-state index contributed by atoms with van der Waals surface area (Å²) < 4.78 is 0. The van der Waals surface area contributed by atoms with Crippen LogP contribution in [0.15, 0.2) is 24.3 Å². The molecule has 0 spiro atoms. The van der Waals surface area contributed by atoms with Gasteiger partial charge in [0.15, 0.2) is 0 Å². The van der Waals surface area contributed by atoms with Crippen molar-refractivity contribution < 1.29 is 24.7 Å². The molecule has 1 atom stereocenters. The van der Waals surface area contributed by atoms with Crippen molar-refractivity contribution >= 4 is 11.8 Å². The normalized spacial score (nSPS) is 11.8. The molecule has 1 aromatic rings. The van der Waals surface area contributed by atoms with Crippen molar-refractivity contribution in [3.8, 4) is 5.75 Å². The number of aromatic hydroxyl groups is 1. The maximum Gasteiger partial charge on any atom is 0.380 e. The molecule has 0 aliphatic carbocycles. The van der Waals surface area contributed by atoms with Crippen LogP contribution in [0, 0.1) is 10.1 Å². The lowest BCUT2D eigenvalue weighted by atomic mass is 10.0. The van der Waals surface area contributed by atoms with Crippen LogP contribution in [0.3, 0.4) is 0 Å². The number of hydrogen-bond donors (Lipinski definition) is 2. The van der Waals surface area contributed by atoms with Gasteiger partial charge in [-0.1, -0.05) is 0 Å². The number of carbonyl (C=O) groups is 2. The molecule has 0 saturated heterocycles. The van der Waals surface area contributed by atoms with E-state index < -0.39 is 22.7 Å². The van der Waals surface area contributed by atoms with Gasteiger partial charge in [-0.2, -0.15) is 0 Å². The Labute approximate surface area is 89.1 Å². The predicted octanol–water partition coefficient (Wildman–Crippen LogP) is 0.364. The molecule has 0 heterocycles. The summed E-state index contributed by atoms with van der Waals surface area (Å²) in [5, 5.41) is 28.0. The molecule has 0 fully saturated rings. The van der Waals surface area contributed by atoms with Crippen LogP contribution in [0.2, 0.25) is 0 Å². The molecule has 0 bridgehead atoms. The van der Waals surface area contributed by atoms with Gasteiger partial charge in [0, 0.05) is 10.5 Å².